The third-order valence-electron chi connectivity index (χ3n) is 5.91. The van der Waals surface area contributed by atoms with E-state index in [0.717, 1.165) is 25.9 Å². The van der Waals surface area contributed by atoms with Gasteiger partial charge in [-0.3, -0.25) is 0 Å². The van der Waals surface area contributed by atoms with Crippen molar-refractivity contribution in [2.45, 2.75) is 38.0 Å². The normalized spacial score (nSPS) is 20.6. The molecule has 2 aliphatic rings. The molecular formula is C20H24FN4O3S+. The van der Waals surface area contributed by atoms with Crippen LogP contribution in [0.15, 0.2) is 24.3 Å². The van der Waals surface area contributed by atoms with Gasteiger partial charge in [0, 0.05) is 6.42 Å². The quantitative estimate of drug-likeness (QED) is 0.674. The molecule has 0 unspecified atom stereocenters. The predicted molar refractivity (Wildman–Crippen MR) is 105 cm³/mol. The first-order valence-electron chi connectivity index (χ1n) is 10.0. The van der Waals surface area contributed by atoms with Crippen molar-refractivity contribution in [3.05, 3.63) is 46.3 Å². The molecule has 1 aromatic carbocycles. The Morgan fingerprint density at radius 2 is 2.00 bits per heavy atom. The maximum absolute atomic E-state index is 14.8. The molecule has 4 heterocycles. The van der Waals surface area contributed by atoms with E-state index in [2.05, 4.69) is 10.1 Å². The number of nitrogens with zero attached hydrogens (tertiary/aromatic N) is 3. The molecule has 3 aromatic rings. The Bertz CT molecular complexity index is 1020. The number of fused-ring (bicyclic) bond motifs is 1. The topological polar surface area (TPSA) is 73.3 Å². The van der Waals surface area contributed by atoms with Crippen molar-refractivity contribution in [3.8, 4) is 5.88 Å². The highest BCUT2D eigenvalue weighted by atomic mass is 32.1. The van der Waals surface area contributed by atoms with E-state index in [1.54, 1.807) is 12.1 Å². The number of ether oxygens (including phenoxy) is 2. The van der Waals surface area contributed by atoms with E-state index in [1.807, 2.05) is 13.0 Å². The highest BCUT2D eigenvalue weighted by Gasteiger charge is 2.45. The molecule has 29 heavy (non-hydrogen) atoms. The molecule has 154 valence electrons. The minimum absolute atomic E-state index is 0.0478. The van der Waals surface area contributed by atoms with E-state index in [9.17, 15) is 9.50 Å². The Morgan fingerprint density at radius 3 is 2.66 bits per heavy atom. The summed E-state index contributed by atoms with van der Waals surface area (Å²) in [5, 5.41) is 15.3. The molecule has 2 fully saturated rings. The number of piperidine rings is 1. The Morgan fingerprint density at radius 1 is 1.28 bits per heavy atom. The first-order valence-corrected chi connectivity index (χ1v) is 10.9. The lowest BCUT2D eigenvalue weighted by Gasteiger charge is -2.38. The molecular weight excluding hydrogens is 395 g/mol. The summed E-state index contributed by atoms with van der Waals surface area (Å²) >= 11 is 1.38. The van der Waals surface area contributed by atoms with Crippen molar-refractivity contribution in [2.24, 2.45) is 0 Å². The molecule has 2 saturated heterocycles. The average molecular weight is 420 g/mol. The van der Waals surface area contributed by atoms with E-state index in [4.69, 9.17) is 9.47 Å². The first-order chi connectivity index (χ1) is 14.1. The molecule has 2 aromatic heterocycles. The second kappa shape index (κ2) is 7.32. The third-order valence-corrected chi connectivity index (χ3v) is 7.00. The molecule has 9 heteroatoms. The number of rotatable bonds is 4. The van der Waals surface area contributed by atoms with Crippen molar-refractivity contribution in [2.75, 3.05) is 26.3 Å². The van der Waals surface area contributed by atoms with Crippen molar-refractivity contribution in [3.63, 3.8) is 0 Å². The zero-order valence-electron chi connectivity index (χ0n) is 16.2. The second-order valence-electron chi connectivity index (χ2n) is 7.59. The third kappa shape index (κ3) is 3.22. The molecule has 5 rings (SSSR count). The molecule has 0 saturated carbocycles. The van der Waals surface area contributed by atoms with Crippen LogP contribution in [0, 0.1) is 5.82 Å². The number of benzene rings is 1. The summed E-state index contributed by atoms with van der Waals surface area (Å²) in [6.07, 6.45) is 2.18. The maximum atomic E-state index is 14.8. The minimum Gasteiger partial charge on any atom is -0.492 e. The molecule has 1 atom stereocenters. The highest BCUT2D eigenvalue weighted by molar-refractivity contribution is 7.17. The summed E-state index contributed by atoms with van der Waals surface area (Å²) in [6.45, 7) is 4.74. The monoisotopic (exact) mass is 419 g/mol. The predicted octanol–water partition coefficient (Wildman–Crippen LogP) is 1.71. The standard InChI is InChI=1S/C20H23FN4O3S/c1-2-15-22-19-25(23-15)18(26)17(29-19)16(13-5-3-4-6-14(13)21)24-9-7-20(8-10-24)27-11-12-28-20/h3-6,16,26H,2,7-12H2,1H3/p+1/t16-/m1/s1. The molecule has 2 N–H and O–H groups in total. The Labute approximate surface area is 171 Å². The average Bonchev–Trinajstić information content (AvgIpc) is 3.43. The van der Waals surface area contributed by atoms with Gasteiger partial charge in [-0.1, -0.05) is 30.4 Å². The number of aromatic nitrogens is 3. The van der Waals surface area contributed by atoms with Crippen LogP contribution in [0.5, 0.6) is 5.88 Å². The summed E-state index contributed by atoms with van der Waals surface area (Å²) in [5.41, 5.74) is 0.572. The fourth-order valence-electron chi connectivity index (χ4n) is 4.41. The van der Waals surface area contributed by atoms with Crippen LogP contribution in [0.3, 0.4) is 0 Å². The van der Waals surface area contributed by atoms with Crippen LogP contribution in [0.2, 0.25) is 0 Å². The van der Waals surface area contributed by atoms with E-state index in [0.29, 0.717) is 40.9 Å². The summed E-state index contributed by atoms with van der Waals surface area (Å²) in [6, 6.07) is 6.45. The zero-order valence-corrected chi connectivity index (χ0v) is 17.0. The number of aryl methyl sites for hydroxylation is 1. The Hall–Kier alpha value is -2.07. The molecule has 2 aliphatic heterocycles. The lowest BCUT2D eigenvalue weighted by atomic mass is 9.97. The SMILES string of the molecule is CCc1nc2sc([C@@H](c3ccccc3F)[NH+]3CCC4(CC3)OCCO4)c(O)n2n1. The number of quaternary nitrogens is 1. The molecule has 0 radical (unpaired) electrons. The van der Waals surface area contributed by atoms with E-state index in [1.165, 1.54) is 26.8 Å². The van der Waals surface area contributed by atoms with Crippen molar-refractivity contribution in [1.82, 2.24) is 14.6 Å². The summed E-state index contributed by atoms with van der Waals surface area (Å²) in [5.74, 6) is -0.0336. The van der Waals surface area contributed by atoms with Gasteiger partial charge < -0.3 is 19.5 Å². The fraction of sp³-hybridized carbons (Fsp3) is 0.500. The van der Waals surface area contributed by atoms with E-state index >= 15 is 0 Å². The smallest absolute Gasteiger partial charge is 0.235 e. The molecule has 0 bridgehead atoms. The van der Waals surface area contributed by atoms with Gasteiger partial charge in [0.25, 0.3) is 0 Å². The summed E-state index contributed by atoms with van der Waals surface area (Å²) < 4.78 is 28.0. The van der Waals surface area contributed by atoms with E-state index < -0.39 is 5.79 Å². The number of nitrogens with one attached hydrogen (secondary N) is 1. The van der Waals surface area contributed by atoms with Gasteiger partial charge in [-0.05, 0) is 12.1 Å². The van der Waals surface area contributed by atoms with Crippen LogP contribution in [-0.2, 0) is 15.9 Å². The van der Waals surface area contributed by atoms with Crippen LogP contribution in [0.4, 0.5) is 4.39 Å². The van der Waals surface area contributed by atoms with Crippen LogP contribution < -0.4 is 4.90 Å². The second-order valence-corrected chi connectivity index (χ2v) is 8.60. The molecule has 0 amide bonds. The van der Waals surface area contributed by atoms with Gasteiger partial charge in [0.05, 0.1) is 44.7 Å². The van der Waals surface area contributed by atoms with Gasteiger partial charge in [-0.25, -0.2) is 9.37 Å². The van der Waals surface area contributed by atoms with Crippen molar-refractivity contribution < 1.29 is 23.9 Å². The Kier molecular flexibility index (Phi) is 4.78. The largest absolute Gasteiger partial charge is 0.492 e. The lowest BCUT2D eigenvalue weighted by Crippen LogP contribution is -3.14. The highest BCUT2D eigenvalue weighted by Crippen LogP contribution is 2.37. The molecule has 1 spiro atoms. The minimum atomic E-state index is -0.493. The van der Waals surface area contributed by atoms with Gasteiger partial charge in [-0.15, -0.1) is 5.10 Å². The van der Waals surface area contributed by atoms with Crippen LogP contribution in [-0.4, -0.2) is 51.8 Å². The number of thiazole rings is 1. The first kappa shape index (κ1) is 18.9. The van der Waals surface area contributed by atoms with Crippen LogP contribution >= 0.6 is 11.3 Å². The van der Waals surface area contributed by atoms with Gasteiger partial charge in [0.2, 0.25) is 10.8 Å². The van der Waals surface area contributed by atoms with Crippen molar-refractivity contribution >= 4 is 16.3 Å². The zero-order chi connectivity index (χ0) is 20.0. The van der Waals surface area contributed by atoms with Crippen LogP contribution in [0.25, 0.3) is 4.96 Å². The Balaban J connectivity index is 1.54. The van der Waals surface area contributed by atoms with Crippen molar-refractivity contribution in [1.29, 1.82) is 0 Å². The molecule has 7 nitrogen and oxygen atoms in total. The van der Waals surface area contributed by atoms with Gasteiger partial charge in [-0.2, -0.15) is 4.52 Å². The van der Waals surface area contributed by atoms with Gasteiger partial charge in [0.15, 0.2) is 17.7 Å². The summed E-state index contributed by atoms with van der Waals surface area (Å²) in [7, 11) is 0. The van der Waals surface area contributed by atoms with E-state index in [-0.39, 0.29) is 17.7 Å². The summed E-state index contributed by atoms with van der Waals surface area (Å²) in [4.78, 5) is 6.98. The fourth-order valence-corrected chi connectivity index (χ4v) is 5.56. The number of likely N-dealkylation sites (tertiary alicyclic amines) is 1. The number of hydrogen-bond donors (Lipinski definition) is 2. The number of hydrogen-bond acceptors (Lipinski definition) is 6. The number of halogens is 1. The molecule has 0 aliphatic carbocycles. The van der Waals surface area contributed by atoms with Gasteiger partial charge >= 0.3 is 0 Å². The lowest BCUT2D eigenvalue weighted by molar-refractivity contribution is -0.933. The van der Waals surface area contributed by atoms with Crippen LogP contribution in [0.1, 0.15) is 42.1 Å². The van der Waals surface area contributed by atoms with Gasteiger partial charge in [0.1, 0.15) is 10.7 Å². The number of aromatic hydroxyl groups is 1. The maximum Gasteiger partial charge on any atom is 0.235 e.